The predicted molar refractivity (Wildman–Crippen MR) is 52.7 cm³/mol. The molecule has 0 radical (unpaired) electrons. The molecule has 0 aliphatic heterocycles. The minimum atomic E-state index is -1.78. The van der Waals surface area contributed by atoms with Gasteiger partial charge in [-0.3, -0.25) is 0 Å². The van der Waals surface area contributed by atoms with Gasteiger partial charge in [0.2, 0.25) is 5.67 Å². The van der Waals surface area contributed by atoms with E-state index < -0.39 is 11.6 Å². The summed E-state index contributed by atoms with van der Waals surface area (Å²) in [5.74, 6) is -0.831. The van der Waals surface area contributed by atoms with Crippen LogP contribution >= 0.6 is 0 Å². The number of carbonyl (C=O) groups excluding carboxylic acids is 1. The van der Waals surface area contributed by atoms with Crippen LogP contribution in [0.5, 0.6) is 0 Å². The van der Waals surface area contributed by atoms with Gasteiger partial charge in [-0.05, 0) is 26.7 Å². The van der Waals surface area contributed by atoms with Gasteiger partial charge < -0.3 is 4.74 Å². The van der Waals surface area contributed by atoms with Gasteiger partial charge in [0.05, 0.1) is 6.61 Å². The first-order chi connectivity index (χ1) is 6.59. The quantitative estimate of drug-likeness (QED) is 0.658. The first kappa shape index (κ1) is 11.5. The Labute approximate surface area is 84.8 Å². The summed E-state index contributed by atoms with van der Waals surface area (Å²) in [6.45, 7) is 3.32. The van der Waals surface area contributed by atoms with Gasteiger partial charge in [0.1, 0.15) is 0 Å². The Morgan fingerprint density at radius 3 is 2.50 bits per heavy atom. The van der Waals surface area contributed by atoms with E-state index in [2.05, 4.69) is 0 Å². The lowest BCUT2D eigenvalue weighted by Crippen LogP contribution is -2.41. The third kappa shape index (κ3) is 2.46. The molecule has 0 aromatic heterocycles. The van der Waals surface area contributed by atoms with Crippen LogP contribution in [0.4, 0.5) is 4.39 Å². The Morgan fingerprint density at radius 2 is 2.00 bits per heavy atom. The van der Waals surface area contributed by atoms with E-state index in [4.69, 9.17) is 4.74 Å². The van der Waals surface area contributed by atoms with Crippen molar-refractivity contribution in [1.82, 2.24) is 0 Å². The molecule has 0 N–H and O–H groups in total. The smallest absolute Gasteiger partial charge is 0.343 e. The Morgan fingerprint density at radius 1 is 1.43 bits per heavy atom. The Kier molecular flexibility index (Phi) is 3.90. The monoisotopic (exact) mass is 202 g/mol. The minimum absolute atomic E-state index is 0.143. The highest BCUT2D eigenvalue weighted by Crippen LogP contribution is 2.35. The first-order valence-corrected chi connectivity index (χ1v) is 5.45. The molecule has 0 amide bonds. The fourth-order valence-electron chi connectivity index (χ4n) is 2.08. The van der Waals surface area contributed by atoms with Crippen LogP contribution in [0.15, 0.2) is 0 Å². The minimum Gasteiger partial charge on any atom is -0.464 e. The Hall–Kier alpha value is -0.600. The summed E-state index contributed by atoms with van der Waals surface area (Å²) in [6, 6.07) is 0. The molecule has 0 bridgehead atoms. The lowest BCUT2D eigenvalue weighted by Gasteiger charge is -2.31. The molecule has 0 spiro atoms. The zero-order valence-electron chi connectivity index (χ0n) is 9.01. The number of hydrogen-bond donors (Lipinski definition) is 0. The van der Waals surface area contributed by atoms with Gasteiger partial charge in [-0.25, -0.2) is 9.18 Å². The molecule has 1 fully saturated rings. The van der Waals surface area contributed by atoms with Gasteiger partial charge in [-0.15, -0.1) is 0 Å². The second-order valence-corrected chi connectivity index (χ2v) is 4.13. The van der Waals surface area contributed by atoms with Crippen molar-refractivity contribution in [2.75, 3.05) is 6.61 Å². The van der Waals surface area contributed by atoms with Gasteiger partial charge in [-0.2, -0.15) is 0 Å². The van der Waals surface area contributed by atoms with Crippen molar-refractivity contribution in [3.8, 4) is 0 Å². The van der Waals surface area contributed by atoms with Crippen LogP contribution in [0, 0.1) is 5.92 Å². The Balaban J connectivity index is 2.57. The van der Waals surface area contributed by atoms with Crippen LogP contribution < -0.4 is 0 Å². The molecule has 0 heterocycles. The summed E-state index contributed by atoms with van der Waals surface area (Å²) >= 11 is 0. The number of esters is 1. The van der Waals surface area contributed by atoms with Gasteiger partial charge in [0.15, 0.2) is 0 Å². The van der Waals surface area contributed by atoms with E-state index in [1.165, 1.54) is 6.92 Å². The molecule has 1 atom stereocenters. The van der Waals surface area contributed by atoms with Gasteiger partial charge >= 0.3 is 5.97 Å². The van der Waals surface area contributed by atoms with Crippen molar-refractivity contribution >= 4 is 5.97 Å². The molecule has 0 aromatic carbocycles. The van der Waals surface area contributed by atoms with Crippen LogP contribution in [-0.4, -0.2) is 18.2 Å². The van der Waals surface area contributed by atoms with Crippen LogP contribution in [0.2, 0.25) is 0 Å². The molecular weight excluding hydrogens is 183 g/mol. The lowest BCUT2D eigenvalue weighted by atomic mass is 9.79. The normalized spacial score (nSPS) is 22.8. The average Bonchev–Trinajstić information content (AvgIpc) is 2.19. The Bertz CT molecular complexity index is 195. The van der Waals surface area contributed by atoms with Crippen molar-refractivity contribution in [1.29, 1.82) is 0 Å². The van der Waals surface area contributed by atoms with Gasteiger partial charge in [0.25, 0.3) is 0 Å². The standard InChI is InChI=1S/C11H19FO2/c1-3-14-10(13)11(2,12)9-7-5-4-6-8-9/h9H,3-8H2,1-2H3/t11-/m1/s1. The average molecular weight is 202 g/mol. The van der Waals surface area contributed by atoms with Gasteiger partial charge in [-0.1, -0.05) is 19.3 Å². The van der Waals surface area contributed by atoms with Crippen LogP contribution in [0.25, 0.3) is 0 Å². The highest BCUT2D eigenvalue weighted by atomic mass is 19.1. The third-order valence-electron chi connectivity index (χ3n) is 3.05. The fraction of sp³-hybridized carbons (Fsp3) is 0.909. The van der Waals surface area contributed by atoms with E-state index >= 15 is 0 Å². The highest BCUT2D eigenvalue weighted by molar-refractivity contribution is 5.79. The van der Waals surface area contributed by atoms with Crippen molar-refractivity contribution in [2.45, 2.75) is 51.6 Å². The molecule has 3 heteroatoms. The second kappa shape index (κ2) is 4.76. The van der Waals surface area contributed by atoms with E-state index in [9.17, 15) is 9.18 Å². The van der Waals surface area contributed by atoms with Gasteiger partial charge in [0, 0.05) is 5.92 Å². The number of rotatable bonds is 3. The maximum atomic E-state index is 14.1. The van der Waals surface area contributed by atoms with Crippen molar-refractivity contribution in [3.05, 3.63) is 0 Å². The molecule has 1 rings (SSSR count). The molecule has 1 aliphatic carbocycles. The zero-order chi connectivity index (χ0) is 10.6. The number of ether oxygens (including phenoxy) is 1. The summed E-state index contributed by atoms with van der Waals surface area (Å²) in [6.07, 6.45) is 4.85. The van der Waals surface area contributed by atoms with Crippen LogP contribution in [-0.2, 0) is 9.53 Å². The van der Waals surface area contributed by atoms with E-state index in [1.54, 1.807) is 6.92 Å². The third-order valence-corrected chi connectivity index (χ3v) is 3.05. The maximum Gasteiger partial charge on any atom is 0.343 e. The lowest BCUT2D eigenvalue weighted by molar-refractivity contribution is -0.161. The van der Waals surface area contributed by atoms with E-state index in [0.29, 0.717) is 0 Å². The molecule has 0 saturated heterocycles. The number of halogens is 1. The van der Waals surface area contributed by atoms with E-state index in [1.807, 2.05) is 0 Å². The van der Waals surface area contributed by atoms with E-state index in [0.717, 1.165) is 32.1 Å². The SMILES string of the molecule is CCOC(=O)[C@](C)(F)C1CCCCC1. The molecular formula is C11H19FO2. The topological polar surface area (TPSA) is 26.3 Å². The zero-order valence-corrected chi connectivity index (χ0v) is 9.01. The maximum absolute atomic E-state index is 14.1. The number of hydrogen-bond acceptors (Lipinski definition) is 2. The molecule has 1 saturated carbocycles. The van der Waals surface area contributed by atoms with Crippen LogP contribution in [0.3, 0.4) is 0 Å². The predicted octanol–water partition coefficient (Wildman–Crippen LogP) is 2.86. The molecule has 0 unspecified atom stereocenters. The summed E-state index contributed by atoms with van der Waals surface area (Å²) in [5, 5.41) is 0. The summed E-state index contributed by atoms with van der Waals surface area (Å²) in [5.41, 5.74) is -1.78. The molecule has 1 aliphatic rings. The fourth-order valence-corrected chi connectivity index (χ4v) is 2.08. The summed E-state index contributed by atoms with van der Waals surface area (Å²) in [4.78, 5) is 11.4. The first-order valence-electron chi connectivity index (χ1n) is 5.45. The van der Waals surface area contributed by atoms with Crippen molar-refractivity contribution in [2.24, 2.45) is 5.92 Å². The number of alkyl halides is 1. The highest BCUT2D eigenvalue weighted by Gasteiger charge is 2.43. The summed E-state index contributed by atoms with van der Waals surface area (Å²) < 4.78 is 18.8. The molecule has 14 heavy (non-hydrogen) atoms. The molecule has 82 valence electrons. The second-order valence-electron chi connectivity index (χ2n) is 4.13. The largest absolute Gasteiger partial charge is 0.464 e. The van der Waals surface area contributed by atoms with Crippen LogP contribution in [0.1, 0.15) is 46.0 Å². The van der Waals surface area contributed by atoms with Crippen molar-refractivity contribution in [3.63, 3.8) is 0 Å². The summed E-state index contributed by atoms with van der Waals surface area (Å²) in [7, 11) is 0. The molecule has 0 aromatic rings. The number of carbonyl (C=O) groups is 1. The molecule has 2 nitrogen and oxygen atoms in total. The van der Waals surface area contributed by atoms with E-state index in [-0.39, 0.29) is 12.5 Å². The van der Waals surface area contributed by atoms with Crippen molar-refractivity contribution < 1.29 is 13.9 Å².